The monoisotopic (exact) mass is 1460 g/mol. The van der Waals surface area contributed by atoms with E-state index in [4.69, 9.17) is 69.0 Å². The fourth-order valence-corrected chi connectivity index (χ4v) is 11.8. The Bertz CT molecular complexity index is 5610. The van der Waals surface area contributed by atoms with Crippen LogP contribution in [0.15, 0.2) is 195 Å². The molecular formula is C82H83N5O20. The fraction of sp³-hybridized carbons (Fsp3) is 0.293. The summed E-state index contributed by atoms with van der Waals surface area (Å²) in [6.07, 6.45) is 3.30. The SMILES string of the molecule is CC(C)C(=O)Oc1ccc2c(c1)oc(=O)c1cc(OC(=O)[C@@H](C)N)ccc12.CC(C)C[C@@H](N)C(=O)Oc1ccc2c(c1)oc(=O)c1cc(OC(=O)[C@H](N)CC(C)C)ccc12.CC(C)C[C@H](N)C(=O)Oc1ccc2c(c1)oc(=O)c1ccccc12.O=C(Oc1ccc2c(c1)oc(=O)c1ccccc12)C1CCCN1. The summed E-state index contributed by atoms with van der Waals surface area (Å²) < 4.78 is 53.3. The van der Waals surface area contributed by atoms with Gasteiger partial charge >= 0.3 is 58.3 Å². The molecule has 5 atom stereocenters. The van der Waals surface area contributed by atoms with E-state index in [1.54, 1.807) is 117 Å². The third-order valence-electron chi connectivity index (χ3n) is 17.1. The number of carbonyl (C=O) groups is 6. The Morgan fingerprint density at radius 2 is 0.636 bits per heavy atom. The van der Waals surface area contributed by atoms with Crippen molar-refractivity contribution in [2.75, 3.05) is 6.54 Å². The van der Waals surface area contributed by atoms with Crippen LogP contribution in [0.1, 0.15) is 94.4 Å². The highest BCUT2D eigenvalue weighted by atomic mass is 16.6. The Morgan fingerprint density at radius 3 is 0.944 bits per heavy atom. The molecule has 1 aliphatic heterocycles. The molecule has 25 nitrogen and oxygen atoms in total. The van der Waals surface area contributed by atoms with Crippen molar-refractivity contribution in [2.45, 2.75) is 125 Å². The summed E-state index contributed by atoms with van der Waals surface area (Å²) in [6, 6.07) is 40.5. The van der Waals surface area contributed by atoms with E-state index in [9.17, 15) is 47.9 Å². The van der Waals surface area contributed by atoms with E-state index in [0.29, 0.717) is 91.5 Å². The molecule has 1 unspecified atom stereocenters. The van der Waals surface area contributed by atoms with Gasteiger partial charge in [0.2, 0.25) is 0 Å². The van der Waals surface area contributed by atoms with E-state index in [0.717, 1.165) is 40.9 Å². The smallest absolute Gasteiger partial charge is 0.344 e. The van der Waals surface area contributed by atoms with Crippen LogP contribution < -0.4 is 79.2 Å². The van der Waals surface area contributed by atoms with Gasteiger partial charge in [-0.25, -0.2) is 43.2 Å². The molecule has 1 aliphatic rings. The van der Waals surface area contributed by atoms with E-state index < -0.39 is 70.5 Å². The van der Waals surface area contributed by atoms with Crippen LogP contribution in [0.3, 0.4) is 0 Å². The van der Waals surface area contributed by atoms with Gasteiger partial charge in [0.15, 0.2) is 0 Å². The lowest BCUT2D eigenvalue weighted by Crippen LogP contribution is -2.35. The van der Waals surface area contributed by atoms with Crippen molar-refractivity contribution < 1.29 is 74.9 Å². The van der Waals surface area contributed by atoms with Gasteiger partial charge in [0.05, 0.1) is 27.5 Å². The summed E-state index contributed by atoms with van der Waals surface area (Å²) in [6.45, 7) is 17.6. The normalized spacial score (nSPS) is 13.9. The average Bonchev–Trinajstić information content (AvgIpc) is 1.62. The number of hydrogen-bond acceptors (Lipinski definition) is 25. The minimum absolute atomic E-state index is 0.207. The maximum atomic E-state index is 12.6. The topological polar surface area (TPSA) is 395 Å². The predicted octanol–water partition coefficient (Wildman–Crippen LogP) is 12.1. The van der Waals surface area contributed by atoms with Gasteiger partial charge in [0, 0.05) is 56.6 Å². The minimum Gasteiger partial charge on any atom is -0.426 e. The second kappa shape index (κ2) is 34.5. The number of rotatable bonds is 18. The van der Waals surface area contributed by atoms with Crippen LogP contribution in [-0.4, -0.2) is 72.6 Å². The number of nitrogens with one attached hydrogen (secondary N) is 1. The Hall–Kier alpha value is -11.7. The molecule has 0 spiro atoms. The molecular weight excluding hydrogens is 1370 g/mol. The lowest BCUT2D eigenvalue weighted by Gasteiger charge is -2.14. The first-order valence-electron chi connectivity index (χ1n) is 35.0. The number of nitrogens with two attached hydrogens (primary N) is 4. The van der Waals surface area contributed by atoms with Crippen LogP contribution >= 0.6 is 0 Å². The Labute approximate surface area is 611 Å². The molecule has 4 aromatic heterocycles. The molecule has 12 aromatic rings. The van der Waals surface area contributed by atoms with Crippen molar-refractivity contribution in [1.82, 2.24) is 5.32 Å². The highest BCUT2D eigenvalue weighted by Gasteiger charge is 2.26. The van der Waals surface area contributed by atoms with Gasteiger partial charge in [-0.1, -0.05) is 91.8 Å². The van der Waals surface area contributed by atoms with E-state index in [1.165, 1.54) is 31.2 Å². The second-order valence-corrected chi connectivity index (χ2v) is 27.5. The van der Waals surface area contributed by atoms with Crippen LogP contribution in [0.4, 0.5) is 0 Å². The van der Waals surface area contributed by atoms with Crippen molar-refractivity contribution in [3.8, 4) is 34.5 Å². The molecule has 13 rings (SSSR count). The lowest BCUT2D eigenvalue weighted by atomic mass is 10.0. The van der Waals surface area contributed by atoms with E-state index >= 15 is 0 Å². The Kier molecular flexibility index (Phi) is 25.1. The summed E-state index contributed by atoms with van der Waals surface area (Å²) in [7, 11) is 0. The molecule has 9 N–H and O–H groups in total. The van der Waals surface area contributed by atoms with Gasteiger partial charge in [-0.05, 0) is 171 Å². The second-order valence-electron chi connectivity index (χ2n) is 27.5. The van der Waals surface area contributed by atoms with Gasteiger partial charge in [0.25, 0.3) is 0 Å². The van der Waals surface area contributed by atoms with Crippen LogP contribution in [-0.2, 0) is 28.8 Å². The van der Waals surface area contributed by atoms with Gasteiger partial charge in [-0.2, -0.15) is 0 Å². The average molecular weight is 1460 g/mol. The molecule has 1 fully saturated rings. The van der Waals surface area contributed by atoms with Crippen LogP contribution in [0, 0.1) is 23.7 Å². The van der Waals surface area contributed by atoms with Gasteiger partial charge in [-0.15, -0.1) is 0 Å². The van der Waals surface area contributed by atoms with E-state index in [1.807, 2.05) is 71.9 Å². The first-order chi connectivity index (χ1) is 51.0. The standard InChI is InChI=1S/C25H30N2O6.C20H19NO6.C19H19NO4.C18H15NO4/c1-13(2)9-20(26)24(29)31-15-5-7-17-18-8-6-16(32-25(30)21(27)10-14(3)4)12-22(18)33-23(28)19(17)11-15;1-10(2)18(22)25-13-5-7-15-14-6-4-12(26-19(23)11(3)21)8-16(14)20(24)27-17(15)9-13;1-11(2)9-16(20)19(22)23-12-7-8-14-13-5-3-4-6-15(13)18(21)24-17(14)10-12;20-17-14-5-2-1-4-12(14)13-8-7-11(10-16(13)23-17)22-18(21)15-6-3-9-19-15/h5-8,11-14,20-21H,9-10,26-27H2,1-4H3;4-11H,21H2,1-3H3;3-8,10-11,16H,9,20H2,1-2H3;1-2,4-5,7-8,10,15,19H,3,6,9H2/t20-,21-;11-;16-;/m110./s1. The molecule has 0 bridgehead atoms. The number of ether oxygens (including phenoxy) is 6. The van der Waals surface area contributed by atoms with Crippen molar-refractivity contribution >= 4 is 123 Å². The van der Waals surface area contributed by atoms with E-state index in [2.05, 4.69) is 5.32 Å². The summed E-state index contributed by atoms with van der Waals surface area (Å²) in [5, 5.41) is 10.5. The maximum absolute atomic E-state index is 12.6. The van der Waals surface area contributed by atoms with Gasteiger partial charge < -0.3 is 74.3 Å². The van der Waals surface area contributed by atoms with Crippen molar-refractivity contribution in [1.29, 1.82) is 0 Å². The quantitative estimate of drug-likeness (QED) is 0.0230. The van der Waals surface area contributed by atoms with Crippen molar-refractivity contribution in [3.63, 3.8) is 0 Å². The summed E-state index contributed by atoms with van der Waals surface area (Å²) in [5.74, 6) is -0.711. The fourth-order valence-electron chi connectivity index (χ4n) is 11.8. The Morgan fingerprint density at radius 1 is 0.355 bits per heavy atom. The first kappa shape index (κ1) is 77.9. The Balaban J connectivity index is 0.000000154. The lowest BCUT2D eigenvalue weighted by molar-refractivity contribution is -0.138. The maximum Gasteiger partial charge on any atom is 0.344 e. The summed E-state index contributed by atoms with van der Waals surface area (Å²) in [4.78, 5) is 121. The molecule has 25 heteroatoms. The largest absolute Gasteiger partial charge is 0.426 e. The van der Waals surface area contributed by atoms with Gasteiger partial charge in [-0.3, -0.25) is 4.79 Å². The van der Waals surface area contributed by atoms with Crippen LogP contribution in [0.2, 0.25) is 0 Å². The third-order valence-corrected chi connectivity index (χ3v) is 17.1. The molecule has 0 radical (unpaired) electrons. The summed E-state index contributed by atoms with van der Waals surface area (Å²) >= 11 is 0. The molecule has 1 saturated heterocycles. The summed E-state index contributed by atoms with van der Waals surface area (Å²) in [5.41, 5.74) is 22.4. The number of hydrogen-bond donors (Lipinski definition) is 5. The molecule has 107 heavy (non-hydrogen) atoms. The minimum atomic E-state index is -0.777. The van der Waals surface area contributed by atoms with E-state index in [-0.39, 0.29) is 69.3 Å². The highest BCUT2D eigenvalue weighted by Crippen LogP contribution is 2.33. The zero-order valence-electron chi connectivity index (χ0n) is 60.4. The molecule has 0 amide bonds. The number of fused-ring (bicyclic) bond motifs is 12. The molecule has 5 heterocycles. The predicted molar refractivity (Wildman–Crippen MR) is 406 cm³/mol. The van der Waals surface area contributed by atoms with Crippen LogP contribution in [0.25, 0.3) is 87.0 Å². The number of benzene rings is 8. The first-order valence-corrected chi connectivity index (χ1v) is 35.0. The zero-order valence-corrected chi connectivity index (χ0v) is 60.4. The zero-order chi connectivity index (χ0) is 77.1. The molecule has 8 aromatic carbocycles. The number of esters is 6. The van der Waals surface area contributed by atoms with Crippen LogP contribution in [0.5, 0.6) is 34.5 Å². The van der Waals surface area contributed by atoms with Crippen molar-refractivity contribution in [2.24, 2.45) is 46.6 Å². The third kappa shape index (κ3) is 19.4. The number of carbonyl (C=O) groups excluding carboxylic acids is 6. The molecule has 0 aliphatic carbocycles. The molecule has 556 valence electrons. The van der Waals surface area contributed by atoms with Gasteiger partial charge in [0.1, 0.15) is 87.0 Å². The highest BCUT2D eigenvalue weighted by molar-refractivity contribution is 6.08. The molecule has 0 saturated carbocycles. The van der Waals surface area contributed by atoms with Crippen molar-refractivity contribution in [3.05, 3.63) is 199 Å².